The van der Waals surface area contributed by atoms with Gasteiger partial charge in [0.05, 0.1) is 0 Å². The Morgan fingerprint density at radius 2 is 2.06 bits per heavy atom. The van der Waals surface area contributed by atoms with E-state index >= 15 is 0 Å². The van der Waals surface area contributed by atoms with Gasteiger partial charge in [0.15, 0.2) is 0 Å². The first-order chi connectivity index (χ1) is 8.85. The van der Waals surface area contributed by atoms with Gasteiger partial charge in [0.2, 0.25) is 0 Å². The van der Waals surface area contributed by atoms with Crippen molar-refractivity contribution in [2.24, 2.45) is 5.73 Å². The van der Waals surface area contributed by atoms with Crippen molar-refractivity contribution in [1.29, 1.82) is 0 Å². The largest absolute Gasteiger partial charge is 0.335 e. The average molecular weight is 243 g/mol. The van der Waals surface area contributed by atoms with Crippen LogP contribution >= 0.6 is 0 Å². The van der Waals surface area contributed by atoms with Crippen molar-refractivity contribution >= 4 is 0 Å². The summed E-state index contributed by atoms with van der Waals surface area (Å²) in [6, 6.07) is 10.5. The predicted octanol–water partition coefficient (Wildman–Crippen LogP) is 2.58. The van der Waals surface area contributed by atoms with E-state index in [1.54, 1.807) is 0 Å². The van der Waals surface area contributed by atoms with Crippen molar-refractivity contribution in [3.63, 3.8) is 0 Å². The van der Waals surface area contributed by atoms with Crippen LogP contribution in [0.4, 0.5) is 0 Å². The van der Waals surface area contributed by atoms with E-state index < -0.39 is 0 Å². The minimum Gasteiger partial charge on any atom is -0.335 e. The van der Waals surface area contributed by atoms with E-state index in [-0.39, 0.29) is 0 Å². The smallest absolute Gasteiger partial charge is 0.109 e. The summed E-state index contributed by atoms with van der Waals surface area (Å²) >= 11 is 0. The predicted molar refractivity (Wildman–Crippen MR) is 74.5 cm³/mol. The fourth-order valence-electron chi connectivity index (χ4n) is 2.26. The van der Waals surface area contributed by atoms with Crippen LogP contribution in [0.2, 0.25) is 0 Å². The van der Waals surface area contributed by atoms with Gasteiger partial charge in [-0.25, -0.2) is 4.98 Å². The molecule has 1 atom stereocenters. The Morgan fingerprint density at radius 1 is 1.28 bits per heavy atom. The van der Waals surface area contributed by atoms with E-state index in [1.807, 2.05) is 12.3 Å². The zero-order chi connectivity index (χ0) is 12.8. The molecule has 0 bridgehead atoms. The first-order valence-electron chi connectivity index (χ1n) is 6.60. The van der Waals surface area contributed by atoms with E-state index in [9.17, 15) is 0 Å². The van der Waals surface area contributed by atoms with Crippen molar-refractivity contribution < 1.29 is 0 Å². The van der Waals surface area contributed by atoms with Crippen LogP contribution in [-0.2, 0) is 13.0 Å². The Balaban J connectivity index is 2.13. The van der Waals surface area contributed by atoms with Gasteiger partial charge in [-0.15, -0.1) is 0 Å². The lowest BCUT2D eigenvalue weighted by Crippen LogP contribution is -2.17. The topological polar surface area (TPSA) is 43.8 Å². The normalized spacial score (nSPS) is 12.6. The number of hydrogen-bond donors (Lipinski definition) is 1. The lowest BCUT2D eigenvalue weighted by Gasteiger charge is -2.15. The molecule has 0 saturated carbocycles. The second-order valence-electron chi connectivity index (χ2n) is 4.58. The molecule has 96 valence electrons. The van der Waals surface area contributed by atoms with Crippen molar-refractivity contribution in [2.75, 3.05) is 6.54 Å². The number of nitrogens with zero attached hydrogens (tertiary/aromatic N) is 2. The lowest BCUT2D eigenvalue weighted by atomic mass is 9.95. The Morgan fingerprint density at radius 3 is 2.72 bits per heavy atom. The van der Waals surface area contributed by atoms with Crippen LogP contribution < -0.4 is 5.73 Å². The monoisotopic (exact) mass is 243 g/mol. The number of benzene rings is 1. The molecule has 0 fully saturated rings. The highest BCUT2D eigenvalue weighted by molar-refractivity contribution is 5.21. The van der Waals surface area contributed by atoms with Crippen molar-refractivity contribution in [3.8, 4) is 0 Å². The zero-order valence-corrected chi connectivity index (χ0v) is 10.9. The van der Waals surface area contributed by atoms with Crippen LogP contribution in [0.25, 0.3) is 0 Å². The summed E-state index contributed by atoms with van der Waals surface area (Å²) in [6.07, 6.45) is 5.97. The highest BCUT2D eigenvalue weighted by atomic mass is 15.1. The summed E-state index contributed by atoms with van der Waals surface area (Å²) < 4.78 is 2.23. The Labute approximate surface area is 109 Å². The minimum absolute atomic E-state index is 0.351. The molecule has 1 aromatic heterocycles. The number of imidazole rings is 1. The van der Waals surface area contributed by atoms with E-state index in [0.717, 1.165) is 25.2 Å². The van der Waals surface area contributed by atoms with Gasteiger partial charge in [0, 0.05) is 31.3 Å². The molecule has 0 radical (unpaired) electrons. The van der Waals surface area contributed by atoms with Gasteiger partial charge in [-0.05, 0) is 18.5 Å². The zero-order valence-electron chi connectivity index (χ0n) is 10.9. The van der Waals surface area contributed by atoms with Crippen LogP contribution in [0.15, 0.2) is 42.7 Å². The fourth-order valence-corrected chi connectivity index (χ4v) is 2.26. The number of rotatable bonds is 6. The third-order valence-corrected chi connectivity index (χ3v) is 3.25. The van der Waals surface area contributed by atoms with E-state index in [1.165, 1.54) is 5.56 Å². The molecule has 0 aliphatic rings. The van der Waals surface area contributed by atoms with Gasteiger partial charge in [-0.3, -0.25) is 0 Å². The fraction of sp³-hybridized carbons (Fsp3) is 0.400. The standard InChI is InChI=1S/C15H21N3/c1-2-9-18-10-8-17-15(18)11-14(12-16)13-6-4-3-5-7-13/h3-8,10,14H,2,9,11-12,16H2,1H3. The average Bonchev–Trinajstić information content (AvgIpc) is 2.85. The van der Waals surface area contributed by atoms with E-state index in [4.69, 9.17) is 5.73 Å². The summed E-state index contributed by atoms with van der Waals surface area (Å²) in [5.74, 6) is 1.49. The summed E-state index contributed by atoms with van der Waals surface area (Å²) in [5, 5.41) is 0. The summed E-state index contributed by atoms with van der Waals surface area (Å²) in [7, 11) is 0. The number of hydrogen-bond acceptors (Lipinski definition) is 2. The highest BCUT2D eigenvalue weighted by Gasteiger charge is 2.13. The molecule has 0 amide bonds. The molecule has 2 rings (SSSR count). The van der Waals surface area contributed by atoms with Gasteiger partial charge in [0.25, 0.3) is 0 Å². The third-order valence-electron chi connectivity index (χ3n) is 3.25. The number of nitrogens with two attached hydrogens (primary N) is 1. The van der Waals surface area contributed by atoms with Crippen LogP contribution in [0, 0.1) is 0 Å². The molecule has 1 aromatic carbocycles. The number of aryl methyl sites for hydroxylation is 1. The Bertz CT molecular complexity index is 462. The van der Waals surface area contributed by atoms with Crippen LogP contribution in [0.3, 0.4) is 0 Å². The van der Waals surface area contributed by atoms with Crippen molar-refractivity contribution in [3.05, 3.63) is 54.1 Å². The first kappa shape index (κ1) is 12.8. The third kappa shape index (κ3) is 2.99. The van der Waals surface area contributed by atoms with Crippen molar-refractivity contribution in [2.45, 2.75) is 32.2 Å². The SMILES string of the molecule is CCCn1ccnc1CC(CN)c1ccccc1. The molecule has 0 aliphatic carbocycles. The molecule has 0 saturated heterocycles. The van der Waals surface area contributed by atoms with Crippen LogP contribution in [0.5, 0.6) is 0 Å². The van der Waals surface area contributed by atoms with E-state index in [2.05, 4.69) is 46.9 Å². The lowest BCUT2D eigenvalue weighted by molar-refractivity contribution is 0.593. The molecule has 2 N–H and O–H groups in total. The maximum absolute atomic E-state index is 5.91. The second-order valence-corrected chi connectivity index (χ2v) is 4.58. The molecular formula is C15H21N3. The summed E-state index contributed by atoms with van der Waals surface area (Å²) in [4.78, 5) is 4.46. The maximum atomic E-state index is 5.91. The molecule has 3 heteroatoms. The first-order valence-corrected chi connectivity index (χ1v) is 6.60. The number of aromatic nitrogens is 2. The van der Waals surface area contributed by atoms with Crippen LogP contribution in [0.1, 0.15) is 30.7 Å². The molecule has 1 heterocycles. The summed E-state index contributed by atoms with van der Waals surface area (Å²) in [6.45, 7) is 3.87. The van der Waals surface area contributed by atoms with Gasteiger partial charge >= 0.3 is 0 Å². The molecule has 0 aliphatic heterocycles. The molecular weight excluding hydrogens is 222 g/mol. The molecule has 18 heavy (non-hydrogen) atoms. The highest BCUT2D eigenvalue weighted by Crippen LogP contribution is 2.19. The quantitative estimate of drug-likeness (QED) is 0.847. The van der Waals surface area contributed by atoms with Gasteiger partial charge in [0.1, 0.15) is 5.82 Å². The van der Waals surface area contributed by atoms with Gasteiger partial charge in [-0.2, -0.15) is 0 Å². The summed E-state index contributed by atoms with van der Waals surface area (Å²) in [5.41, 5.74) is 7.21. The Hall–Kier alpha value is -1.61. The minimum atomic E-state index is 0.351. The van der Waals surface area contributed by atoms with Crippen LogP contribution in [-0.4, -0.2) is 16.1 Å². The molecule has 2 aromatic rings. The maximum Gasteiger partial charge on any atom is 0.109 e. The second kappa shape index (κ2) is 6.36. The van der Waals surface area contributed by atoms with Crippen molar-refractivity contribution in [1.82, 2.24) is 9.55 Å². The van der Waals surface area contributed by atoms with Gasteiger partial charge < -0.3 is 10.3 Å². The molecule has 3 nitrogen and oxygen atoms in total. The molecule has 1 unspecified atom stereocenters. The molecule has 0 spiro atoms. The Kier molecular flexibility index (Phi) is 4.53. The van der Waals surface area contributed by atoms with Gasteiger partial charge in [-0.1, -0.05) is 37.3 Å². The van der Waals surface area contributed by atoms with E-state index in [0.29, 0.717) is 12.5 Å².